The molecule has 0 aliphatic heterocycles. The summed E-state index contributed by atoms with van der Waals surface area (Å²) in [5, 5.41) is 4.25. The van der Waals surface area contributed by atoms with E-state index < -0.39 is 0 Å². The van der Waals surface area contributed by atoms with Gasteiger partial charge in [0.2, 0.25) is 5.91 Å². The van der Waals surface area contributed by atoms with Crippen LogP contribution in [0, 0.1) is 13.8 Å². The number of aryl methyl sites for hydroxylation is 2. The third-order valence-corrected chi connectivity index (χ3v) is 4.64. The summed E-state index contributed by atoms with van der Waals surface area (Å²) in [6.07, 6.45) is 0.892. The molecule has 0 saturated heterocycles. The summed E-state index contributed by atoms with van der Waals surface area (Å²) < 4.78 is 0. The van der Waals surface area contributed by atoms with E-state index >= 15 is 0 Å². The van der Waals surface area contributed by atoms with Crippen LogP contribution in [0.4, 0.5) is 0 Å². The first kappa shape index (κ1) is 17.8. The van der Waals surface area contributed by atoms with Crippen LogP contribution in [0.3, 0.4) is 0 Å². The minimum absolute atomic E-state index is 0.00605. The second-order valence-corrected chi connectivity index (χ2v) is 6.66. The molecular formula is C19H21Cl2NO. The minimum atomic E-state index is -0.0233. The van der Waals surface area contributed by atoms with Gasteiger partial charge in [0.1, 0.15) is 0 Å². The Hall–Kier alpha value is -1.51. The maximum absolute atomic E-state index is 12.2. The SMILES string of the molecule is Cc1ccc(C(C)NC(=O)CCc2c(Cl)cccc2Cl)c(C)c1. The van der Waals surface area contributed by atoms with Crippen molar-refractivity contribution in [1.82, 2.24) is 5.32 Å². The van der Waals surface area contributed by atoms with Crippen molar-refractivity contribution in [2.45, 2.75) is 39.7 Å². The van der Waals surface area contributed by atoms with Crippen molar-refractivity contribution in [3.8, 4) is 0 Å². The molecule has 2 aromatic rings. The second kappa shape index (κ2) is 7.85. The van der Waals surface area contributed by atoms with Crippen LogP contribution in [-0.4, -0.2) is 5.91 Å². The summed E-state index contributed by atoms with van der Waals surface area (Å²) in [5.41, 5.74) is 4.37. The van der Waals surface area contributed by atoms with Gasteiger partial charge in [0, 0.05) is 16.5 Å². The largest absolute Gasteiger partial charge is 0.350 e. The predicted octanol–water partition coefficient (Wildman–Crippen LogP) is 5.42. The predicted molar refractivity (Wildman–Crippen MR) is 97.3 cm³/mol. The van der Waals surface area contributed by atoms with E-state index in [9.17, 15) is 4.79 Å². The van der Waals surface area contributed by atoms with Gasteiger partial charge in [-0.15, -0.1) is 0 Å². The molecule has 2 nitrogen and oxygen atoms in total. The zero-order valence-corrected chi connectivity index (χ0v) is 15.1. The van der Waals surface area contributed by atoms with E-state index in [0.717, 1.165) is 11.1 Å². The van der Waals surface area contributed by atoms with Gasteiger partial charge in [-0.2, -0.15) is 0 Å². The molecule has 1 unspecified atom stereocenters. The normalized spacial score (nSPS) is 12.0. The van der Waals surface area contributed by atoms with Crippen molar-refractivity contribution in [3.05, 3.63) is 68.7 Å². The Bertz CT molecular complexity index is 692. The Labute approximate surface area is 147 Å². The van der Waals surface area contributed by atoms with Crippen LogP contribution < -0.4 is 5.32 Å². The first-order valence-corrected chi connectivity index (χ1v) is 8.43. The summed E-state index contributed by atoms with van der Waals surface area (Å²) in [6.45, 7) is 6.12. The first-order valence-electron chi connectivity index (χ1n) is 7.68. The van der Waals surface area contributed by atoms with E-state index in [4.69, 9.17) is 23.2 Å². The maximum Gasteiger partial charge on any atom is 0.220 e. The molecule has 122 valence electrons. The summed E-state index contributed by atoms with van der Waals surface area (Å²) in [5.74, 6) is -0.00605. The van der Waals surface area contributed by atoms with Crippen molar-refractivity contribution in [2.75, 3.05) is 0 Å². The van der Waals surface area contributed by atoms with Crippen LogP contribution in [-0.2, 0) is 11.2 Å². The molecule has 1 amide bonds. The standard InChI is InChI=1S/C19H21Cl2NO/c1-12-7-8-15(13(2)11-12)14(3)22-19(23)10-9-16-17(20)5-4-6-18(16)21/h4-8,11,14H,9-10H2,1-3H3,(H,22,23). The quantitative estimate of drug-likeness (QED) is 0.766. The van der Waals surface area contributed by atoms with Crippen LogP contribution in [0.5, 0.6) is 0 Å². The van der Waals surface area contributed by atoms with Gasteiger partial charge >= 0.3 is 0 Å². The molecule has 0 saturated carbocycles. The lowest BCUT2D eigenvalue weighted by Crippen LogP contribution is -2.27. The van der Waals surface area contributed by atoms with Crippen LogP contribution >= 0.6 is 23.2 Å². The van der Waals surface area contributed by atoms with Gasteiger partial charge < -0.3 is 5.32 Å². The third-order valence-electron chi connectivity index (χ3n) is 3.93. The molecule has 0 fully saturated rings. The van der Waals surface area contributed by atoms with Gasteiger partial charge in [0.15, 0.2) is 0 Å². The van der Waals surface area contributed by atoms with E-state index in [0.29, 0.717) is 22.9 Å². The molecule has 1 N–H and O–H groups in total. The zero-order chi connectivity index (χ0) is 17.0. The van der Waals surface area contributed by atoms with Gasteiger partial charge in [-0.25, -0.2) is 0 Å². The Morgan fingerprint density at radius 1 is 1.13 bits per heavy atom. The van der Waals surface area contributed by atoms with Gasteiger partial charge in [-0.1, -0.05) is 53.0 Å². The molecule has 0 radical (unpaired) electrons. The highest BCUT2D eigenvalue weighted by Gasteiger charge is 2.13. The Morgan fingerprint density at radius 2 is 1.78 bits per heavy atom. The fourth-order valence-electron chi connectivity index (χ4n) is 2.71. The monoisotopic (exact) mass is 349 g/mol. The van der Waals surface area contributed by atoms with Gasteiger partial charge in [0.05, 0.1) is 6.04 Å². The molecule has 0 aromatic heterocycles. The molecule has 2 rings (SSSR count). The number of carbonyl (C=O) groups excluding carboxylic acids is 1. The molecule has 0 heterocycles. The van der Waals surface area contributed by atoms with E-state index in [-0.39, 0.29) is 11.9 Å². The van der Waals surface area contributed by atoms with E-state index in [1.165, 1.54) is 11.1 Å². The summed E-state index contributed by atoms with van der Waals surface area (Å²) >= 11 is 12.3. The molecule has 0 bridgehead atoms. The number of benzene rings is 2. The molecule has 0 aliphatic carbocycles. The lowest BCUT2D eigenvalue weighted by atomic mass is 10.00. The van der Waals surface area contributed by atoms with E-state index in [2.05, 4.69) is 37.4 Å². The summed E-state index contributed by atoms with van der Waals surface area (Å²) in [7, 11) is 0. The summed E-state index contributed by atoms with van der Waals surface area (Å²) in [6, 6.07) is 11.6. The zero-order valence-electron chi connectivity index (χ0n) is 13.6. The molecule has 1 atom stereocenters. The van der Waals surface area contributed by atoms with Crippen molar-refractivity contribution >= 4 is 29.1 Å². The van der Waals surface area contributed by atoms with Gasteiger partial charge in [0.25, 0.3) is 0 Å². The number of carbonyl (C=O) groups is 1. The number of rotatable bonds is 5. The number of halogens is 2. The average molecular weight is 350 g/mol. The Kier molecular flexibility index (Phi) is 6.09. The lowest BCUT2D eigenvalue weighted by molar-refractivity contribution is -0.121. The van der Waals surface area contributed by atoms with E-state index in [1.807, 2.05) is 6.92 Å². The van der Waals surface area contributed by atoms with Gasteiger partial charge in [-0.05, 0) is 56.0 Å². The lowest BCUT2D eigenvalue weighted by Gasteiger charge is -2.17. The van der Waals surface area contributed by atoms with Crippen LogP contribution in [0.25, 0.3) is 0 Å². The van der Waals surface area contributed by atoms with E-state index in [1.54, 1.807) is 18.2 Å². The minimum Gasteiger partial charge on any atom is -0.350 e. The van der Waals surface area contributed by atoms with Crippen LogP contribution in [0.1, 0.15) is 41.6 Å². The number of hydrogen-bond acceptors (Lipinski definition) is 1. The Morgan fingerprint density at radius 3 is 2.39 bits per heavy atom. The summed E-state index contributed by atoms with van der Waals surface area (Å²) in [4.78, 5) is 12.2. The highest BCUT2D eigenvalue weighted by atomic mass is 35.5. The maximum atomic E-state index is 12.2. The highest BCUT2D eigenvalue weighted by molar-refractivity contribution is 6.36. The Balaban J connectivity index is 1.97. The molecule has 23 heavy (non-hydrogen) atoms. The highest BCUT2D eigenvalue weighted by Crippen LogP contribution is 2.25. The average Bonchev–Trinajstić information content (AvgIpc) is 2.46. The number of amides is 1. The fraction of sp³-hybridized carbons (Fsp3) is 0.316. The van der Waals surface area contributed by atoms with Crippen molar-refractivity contribution in [1.29, 1.82) is 0 Å². The molecule has 0 aliphatic rings. The number of hydrogen-bond donors (Lipinski definition) is 1. The first-order chi connectivity index (χ1) is 10.9. The molecular weight excluding hydrogens is 329 g/mol. The van der Waals surface area contributed by atoms with Crippen molar-refractivity contribution < 1.29 is 4.79 Å². The third kappa shape index (κ3) is 4.73. The molecule has 4 heteroatoms. The number of nitrogens with one attached hydrogen (secondary N) is 1. The van der Waals surface area contributed by atoms with Crippen LogP contribution in [0.2, 0.25) is 10.0 Å². The van der Waals surface area contributed by atoms with Crippen molar-refractivity contribution in [2.24, 2.45) is 0 Å². The van der Waals surface area contributed by atoms with Crippen molar-refractivity contribution in [3.63, 3.8) is 0 Å². The van der Waals surface area contributed by atoms with Gasteiger partial charge in [-0.3, -0.25) is 4.79 Å². The molecule has 0 spiro atoms. The van der Waals surface area contributed by atoms with Crippen LogP contribution in [0.15, 0.2) is 36.4 Å². The topological polar surface area (TPSA) is 29.1 Å². The smallest absolute Gasteiger partial charge is 0.220 e. The molecule has 2 aromatic carbocycles. The fourth-order valence-corrected chi connectivity index (χ4v) is 3.30. The second-order valence-electron chi connectivity index (χ2n) is 5.85.